The number of carbonyl (C=O) groups excluding carboxylic acids is 2. The first-order valence-corrected chi connectivity index (χ1v) is 5.53. The van der Waals surface area contributed by atoms with Gasteiger partial charge in [-0.2, -0.15) is 0 Å². The van der Waals surface area contributed by atoms with Crippen molar-refractivity contribution in [2.24, 2.45) is 0 Å². The molecule has 0 bridgehead atoms. The van der Waals surface area contributed by atoms with E-state index in [4.69, 9.17) is 16.3 Å². The van der Waals surface area contributed by atoms with Crippen molar-refractivity contribution >= 4 is 23.4 Å². The van der Waals surface area contributed by atoms with Gasteiger partial charge in [-0.3, -0.25) is 9.59 Å². The molecule has 0 atom stereocenters. The van der Waals surface area contributed by atoms with Crippen molar-refractivity contribution in [1.29, 1.82) is 0 Å². The lowest BCUT2D eigenvalue weighted by molar-refractivity contribution is -0.138. The van der Waals surface area contributed by atoms with Gasteiger partial charge in [-0.1, -0.05) is 18.5 Å². The Labute approximate surface area is 104 Å². The van der Waals surface area contributed by atoms with Crippen LogP contribution in [0, 0.1) is 6.92 Å². The van der Waals surface area contributed by atoms with Crippen LogP contribution < -0.4 is 4.74 Å². The van der Waals surface area contributed by atoms with Crippen LogP contribution in [0.1, 0.15) is 25.3 Å². The highest BCUT2D eigenvalue weighted by Crippen LogP contribution is 2.33. The molecule has 0 heterocycles. The van der Waals surface area contributed by atoms with Crippen LogP contribution in [0.25, 0.3) is 0 Å². The largest absolute Gasteiger partial charge is 0.504 e. The number of carbonyl (C=O) groups is 2. The highest BCUT2D eigenvalue weighted by atomic mass is 35.5. The van der Waals surface area contributed by atoms with Crippen LogP contribution in [0.15, 0.2) is 12.1 Å². The van der Waals surface area contributed by atoms with Gasteiger partial charge in [0.05, 0.1) is 0 Å². The number of ether oxygens (including phenoxy) is 1. The second-order valence-corrected chi connectivity index (χ2v) is 4.05. The van der Waals surface area contributed by atoms with E-state index in [9.17, 15) is 14.7 Å². The summed E-state index contributed by atoms with van der Waals surface area (Å²) < 4.78 is 4.89. The molecule has 5 heteroatoms. The van der Waals surface area contributed by atoms with E-state index in [1.54, 1.807) is 19.9 Å². The molecule has 1 N–H and O–H groups in total. The van der Waals surface area contributed by atoms with Crippen molar-refractivity contribution in [3.05, 3.63) is 22.7 Å². The zero-order valence-electron chi connectivity index (χ0n) is 9.62. The molecule has 0 unspecified atom stereocenters. The van der Waals surface area contributed by atoms with E-state index in [1.165, 1.54) is 6.07 Å². The Hall–Kier alpha value is -1.55. The van der Waals surface area contributed by atoms with Crippen LogP contribution in [0.2, 0.25) is 5.02 Å². The second-order valence-electron chi connectivity index (χ2n) is 3.61. The molecule has 1 rings (SSSR count). The third kappa shape index (κ3) is 3.75. The summed E-state index contributed by atoms with van der Waals surface area (Å²) >= 11 is 5.77. The summed E-state index contributed by atoms with van der Waals surface area (Å²) in [6.07, 6.45) is -0.0306. The molecule has 0 aliphatic carbocycles. The number of hydrogen-bond acceptors (Lipinski definition) is 4. The predicted octanol–water partition coefficient (Wildman–Crippen LogP) is 2.63. The third-order valence-electron chi connectivity index (χ3n) is 2.19. The summed E-state index contributed by atoms with van der Waals surface area (Å²) in [6.45, 7) is 3.30. The monoisotopic (exact) mass is 256 g/mol. The molecule has 1 aromatic carbocycles. The van der Waals surface area contributed by atoms with Gasteiger partial charge in [-0.05, 0) is 18.6 Å². The zero-order valence-corrected chi connectivity index (χ0v) is 10.4. The molecule has 0 saturated heterocycles. The number of Topliss-reactive ketones (excluding diaryl/α,β-unsaturated/α-hetero) is 1. The smallest absolute Gasteiger partial charge is 0.318 e. The van der Waals surface area contributed by atoms with Crippen LogP contribution >= 0.6 is 11.6 Å². The van der Waals surface area contributed by atoms with Crippen LogP contribution in [0.4, 0.5) is 0 Å². The number of aromatic hydroxyl groups is 1. The highest BCUT2D eigenvalue weighted by molar-refractivity contribution is 6.30. The Balaban J connectivity index is 2.81. The van der Waals surface area contributed by atoms with E-state index in [1.807, 2.05) is 0 Å². The van der Waals surface area contributed by atoms with Gasteiger partial charge in [0, 0.05) is 17.5 Å². The Bertz CT molecular complexity index is 454. The van der Waals surface area contributed by atoms with Crippen LogP contribution in [0.3, 0.4) is 0 Å². The molecular formula is C12H13ClO4. The number of esters is 1. The molecule has 0 fully saturated rings. The van der Waals surface area contributed by atoms with Crippen LogP contribution in [-0.2, 0) is 9.59 Å². The maximum Gasteiger partial charge on any atom is 0.318 e. The van der Waals surface area contributed by atoms with Crippen molar-refractivity contribution in [3.8, 4) is 11.5 Å². The molecule has 0 spiro atoms. The maximum atomic E-state index is 11.4. The number of rotatable bonds is 4. The first kappa shape index (κ1) is 13.5. The number of phenolic OH excluding ortho intramolecular Hbond substituents is 1. The molecule has 0 aromatic heterocycles. The van der Waals surface area contributed by atoms with E-state index in [-0.39, 0.29) is 30.1 Å². The number of benzene rings is 1. The minimum Gasteiger partial charge on any atom is -0.504 e. The van der Waals surface area contributed by atoms with E-state index in [0.29, 0.717) is 10.6 Å². The number of aryl methyl sites for hydroxylation is 1. The van der Waals surface area contributed by atoms with Crippen molar-refractivity contribution in [2.75, 3.05) is 0 Å². The van der Waals surface area contributed by atoms with Crippen molar-refractivity contribution in [2.45, 2.75) is 26.7 Å². The minimum absolute atomic E-state index is 0.0242. The molecule has 0 amide bonds. The Morgan fingerprint density at radius 2 is 2.06 bits per heavy atom. The summed E-state index contributed by atoms with van der Waals surface area (Å²) in [5, 5.41) is 9.99. The van der Waals surface area contributed by atoms with Gasteiger partial charge >= 0.3 is 5.97 Å². The summed E-state index contributed by atoms with van der Waals surface area (Å²) in [5.74, 6) is -1.09. The predicted molar refractivity (Wildman–Crippen MR) is 63.4 cm³/mol. The highest BCUT2D eigenvalue weighted by Gasteiger charge is 2.14. The molecule has 92 valence electrons. The third-order valence-corrected chi connectivity index (χ3v) is 2.41. The molecule has 0 saturated carbocycles. The van der Waals surface area contributed by atoms with Gasteiger partial charge in [-0.15, -0.1) is 0 Å². The normalized spacial score (nSPS) is 10.1. The number of phenols is 1. The summed E-state index contributed by atoms with van der Waals surface area (Å²) in [6, 6.07) is 2.88. The van der Waals surface area contributed by atoms with Gasteiger partial charge in [0.1, 0.15) is 12.2 Å². The fourth-order valence-electron chi connectivity index (χ4n) is 1.23. The zero-order chi connectivity index (χ0) is 13.0. The quantitative estimate of drug-likeness (QED) is 0.511. The molecule has 4 nitrogen and oxygen atoms in total. The van der Waals surface area contributed by atoms with E-state index >= 15 is 0 Å². The van der Waals surface area contributed by atoms with E-state index in [2.05, 4.69) is 0 Å². The van der Waals surface area contributed by atoms with Crippen LogP contribution in [0.5, 0.6) is 11.5 Å². The average Bonchev–Trinajstić information content (AvgIpc) is 2.24. The van der Waals surface area contributed by atoms with Gasteiger partial charge in [0.25, 0.3) is 0 Å². The summed E-state index contributed by atoms with van der Waals surface area (Å²) in [5.41, 5.74) is 0.502. The van der Waals surface area contributed by atoms with Gasteiger partial charge in [0.15, 0.2) is 11.5 Å². The fourth-order valence-corrected chi connectivity index (χ4v) is 1.49. The lowest BCUT2D eigenvalue weighted by Gasteiger charge is -2.08. The van der Waals surface area contributed by atoms with Gasteiger partial charge in [0.2, 0.25) is 0 Å². The number of ketones is 1. The van der Waals surface area contributed by atoms with E-state index in [0.717, 1.165) is 0 Å². The summed E-state index contributed by atoms with van der Waals surface area (Å²) in [7, 11) is 0. The maximum absolute atomic E-state index is 11.4. The molecule has 1 aromatic rings. The van der Waals surface area contributed by atoms with Crippen LogP contribution in [-0.4, -0.2) is 16.9 Å². The molecule has 0 radical (unpaired) electrons. The Morgan fingerprint density at radius 3 is 2.65 bits per heavy atom. The van der Waals surface area contributed by atoms with Crippen molar-refractivity contribution in [3.63, 3.8) is 0 Å². The standard InChI is InChI=1S/C12H13ClO4/c1-3-9(14)6-11(15)17-10-5-8(13)4-7(2)12(10)16/h4-5,16H,3,6H2,1-2H3. The molecular weight excluding hydrogens is 244 g/mol. The first-order valence-electron chi connectivity index (χ1n) is 5.15. The molecule has 0 aliphatic rings. The SMILES string of the molecule is CCC(=O)CC(=O)Oc1cc(Cl)cc(C)c1O. The second kappa shape index (κ2) is 5.68. The van der Waals surface area contributed by atoms with Crippen molar-refractivity contribution in [1.82, 2.24) is 0 Å². The lowest BCUT2D eigenvalue weighted by atomic mass is 10.2. The van der Waals surface area contributed by atoms with Gasteiger partial charge < -0.3 is 9.84 Å². The summed E-state index contributed by atoms with van der Waals surface area (Å²) in [4.78, 5) is 22.4. The average molecular weight is 257 g/mol. The van der Waals surface area contributed by atoms with Crippen molar-refractivity contribution < 1.29 is 19.4 Å². The molecule has 17 heavy (non-hydrogen) atoms. The Morgan fingerprint density at radius 1 is 1.41 bits per heavy atom. The Kier molecular flexibility index (Phi) is 4.52. The fraction of sp³-hybridized carbons (Fsp3) is 0.333. The minimum atomic E-state index is -0.700. The first-order chi connectivity index (χ1) is 7.93. The number of halogens is 1. The topological polar surface area (TPSA) is 63.6 Å². The van der Waals surface area contributed by atoms with E-state index < -0.39 is 5.97 Å². The lowest BCUT2D eigenvalue weighted by Crippen LogP contribution is -2.13. The number of hydrogen-bond donors (Lipinski definition) is 1. The molecule has 0 aliphatic heterocycles. The van der Waals surface area contributed by atoms with Gasteiger partial charge in [-0.25, -0.2) is 0 Å².